The lowest BCUT2D eigenvalue weighted by atomic mass is 10.7. The first-order chi connectivity index (χ1) is 5.58. The Morgan fingerprint density at radius 2 is 2.17 bits per heavy atom. The Morgan fingerprint density at radius 1 is 1.42 bits per heavy atom. The van der Waals surface area contributed by atoms with Gasteiger partial charge in [0.05, 0.1) is 13.2 Å². The van der Waals surface area contributed by atoms with E-state index in [1.165, 1.54) is 0 Å². The maximum atomic E-state index is 5.63. The van der Waals surface area contributed by atoms with Crippen molar-refractivity contribution in [2.45, 2.75) is 26.2 Å². The van der Waals surface area contributed by atoms with E-state index < -0.39 is 8.32 Å². The van der Waals surface area contributed by atoms with E-state index in [0.717, 1.165) is 6.54 Å². The molecule has 0 atom stereocenters. The lowest BCUT2D eigenvalue weighted by molar-refractivity contribution is 0.283. The summed E-state index contributed by atoms with van der Waals surface area (Å²) in [6, 6.07) is 0. The molecule has 0 aromatic carbocycles. The Kier molecular flexibility index (Phi) is 2.93. The van der Waals surface area contributed by atoms with Gasteiger partial charge in [0, 0.05) is 0 Å². The standard InChI is InChI=1S/C6H14N4OSi/c1-12(2,3)11-5-4-10-6-7-8-9-10/h6H,4-5H2,1-3H3. The fraction of sp³-hybridized carbons (Fsp3) is 0.833. The van der Waals surface area contributed by atoms with Gasteiger partial charge < -0.3 is 4.43 Å². The van der Waals surface area contributed by atoms with Crippen molar-refractivity contribution in [3.63, 3.8) is 0 Å². The van der Waals surface area contributed by atoms with E-state index in [0.29, 0.717) is 6.61 Å². The predicted molar refractivity (Wildman–Crippen MR) is 47.1 cm³/mol. The van der Waals surface area contributed by atoms with Crippen LogP contribution < -0.4 is 0 Å². The minimum atomic E-state index is -1.37. The summed E-state index contributed by atoms with van der Waals surface area (Å²) in [7, 11) is -1.37. The van der Waals surface area contributed by atoms with Gasteiger partial charge in [-0.05, 0) is 30.1 Å². The van der Waals surface area contributed by atoms with Crippen LogP contribution in [0.4, 0.5) is 0 Å². The van der Waals surface area contributed by atoms with Gasteiger partial charge in [0.2, 0.25) is 0 Å². The van der Waals surface area contributed by atoms with E-state index in [1.807, 2.05) is 0 Å². The van der Waals surface area contributed by atoms with Gasteiger partial charge in [-0.2, -0.15) is 0 Å². The monoisotopic (exact) mass is 186 g/mol. The van der Waals surface area contributed by atoms with Crippen LogP contribution in [-0.4, -0.2) is 35.1 Å². The van der Waals surface area contributed by atoms with Crippen molar-refractivity contribution in [2.24, 2.45) is 0 Å². The molecule has 1 aromatic rings. The van der Waals surface area contributed by atoms with Crippen molar-refractivity contribution >= 4 is 8.32 Å². The summed E-state index contributed by atoms with van der Waals surface area (Å²) in [5, 5.41) is 10.8. The maximum absolute atomic E-state index is 5.63. The number of rotatable bonds is 4. The van der Waals surface area contributed by atoms with Gasteiger partial charge in [0.1, 0.15) is 6.33 Å². The number of nitrogens with zero attached hydrogens (tertiary/aromatic N) is 4. The second-order valence-electron chi connectivity index (χ2n) is 3.53. The third kappa shape index (κ3) is 3.58. The van der Waals surface area contributed by atoms with Crippen molar-refractivity contribution < 1.29 is 4.43 Å². The van der Waals surface area contributed by atoms with Crippen LogP contribution in [0.15, 0.2) is 6.33 Å². The zero-order chi connectivity index (χ0) is 9.03. The highest BCUT2D eigenvalue weighted by molar-refractivity contribution is 6.69. The van der Waals surface area contributed by atoms with Crippen molar-refractivity contribution in [1.29, 1.82) is 0 Å². The maximum Gasteiger partial charge on any atom is 0.183 e. The first kappa shape index (κ1) is 9.34. The SMILES string of the molecule is C[Si](C)(C)OCCn1cnnn1. The fourth-order valence-electron chi connectivity index (χ4n) is 0.728. The molecule has 0 radical (unpaired) electrons. The molecule has 5 nitrogen and oxygen atoms in total. The van der Waals surface area contributed by atoms with E-state index >= 15 is 0 Å². The molecule has 0 fully saturated rings. The Bertz CT molecular complexity index is 218. The number of tetrazole rings is 1. The molecule has 0 amide bonds. The van der Waals surface area contributed by atoms with E-state index in [2.05, 4.69) is 35.2 Å². The van der Waals surface area contributed by atoms with Crippen LogP contribution in [0.1, 0.15) is 0 Å². The number of hydrogen-bond acceptors (Lipinski definition) is 4. The highest BCUT2D eigenvalue weighted by Crippen LogP contribution is 2.01. The van der Waals surface area contributed by atoms with Crippen LogP contribution in [0.2, 0.25) is 19.6 Å². The zero-order valence-corrected chi connectivity index (χ0v) is 8.69. The van der Waals surface area contributed by atoms with Crippen molar-refractivity contribution in [3.05, 3.63) is 6.33 Å². The second kappa shape index (κ2) is 3.77. The van der Waals surface area contributed by atoms with Crippen LogP contribution >= 0.6 is 0 Å². The lowest BCUT2D eigenvalue weighted by Gasteiger charge is -2.16. The number of aromatic nitrogens is 4. The molecule has 12 heavy (non-hydrogen) atoms. The van der Waals surface area contributed by atoms with E-state index in [1.54, 1.807) is 11.0 Å². The highest BCUT2D eigenvalue weighted by atomic mass is 28.4. The second-order valence-corrected chi connectivity index (χ2v) is 8.05. The molecule has 6 heteroatoms. The van der Waals surface area contributed by atoms with Crippen molar-refractivity contribution in [2.75, 3.05) is 6.61 Å². The van der Waals surface area contributed by atoms with E-state index in [9.17, 15) is 0 Å². The summed E-state index contributed by atoms with van der Waals surface area (Å²) >= 11 is 0. The molecule has 0 spiro atoms. The molecule has 1 aromatic heterocycles. The van der Waals surface area contributed by atoms with Crippen LogP contribution in [0.5, 0.6) is 0 Å². The Balaban J connectivity index is 2.20. The third-order valence-corrected chi connectivity index (χ3v) is 2.32. The van der Waals surface area contributed by atoms with Gasteiger partial charge in [-0.1, -0.05) is 0 Å². The summed E-state index contributed by atoms with van der Waals surface area (Å²) in [4.78, 5) is 0. The van der Waals surface area contributed by atoms with Gasteiger partial charge in [-0.25, -0.2) is 4.68 Å². The molecule has 0 unspecified atom stereocenters. The van der Waals surface area contributed by atoms with Crippen molar-refractivity contribution in [3.8, 4) is 0 Å². The molecule has 0 saturated heterocycles. The highest BCUT2D eigenvalue weighted by Gasteiger charge is 2.13. The summed E-state index contributed by atoms with van der Waals surface area (Å²) < 4.78 is 7.29. The number of hydrogen-bond donors (Lipinski definition) is 0. The quantitative estimate of drug-likeness (QED) is 0.643. The molecular formula is C6H14N4OSi. The Labute approximate surface area is 72.9 Å². The molecule has 0 aliphatic carbocycles. The third-order valence-electron chi connectivity index (χ3n) is 1.25. The summed E-state index contributed by atoms with van der Waals surface area (Å²) in [5.74, 6) is 0. The molecular weight excluding hydrogens is 172 g/mol. The van der Waals surface area contributed by atoms with E-state index in [4.69, 9.17) is 4.43 Å². The first-order valence-corrected chi connectivity index (χ1v) is 7.33. The largest absolute Gasteiger partial charge is 0.416 e. The van der Waals surface area contributed by atoms with Gasteiger partial charge >= 0.3 is 0 Å². The molecule has 0 bridgehead atoms. The van der Waals surface area contributed by atoms with Gasteiger partial charge in [-0.15, -0.1) is 5.10 Å². The smallest absolute Gasteiger partial charge is 0.183 e. The molecule has 0 aliphatic rings. The van der Waals surface area contributed by atoms with Crippen LogP contribution in [-0.2, 0) is 11.0 Å². The van der Waals surface area contributed by atoms with Gasteiger partial charge in [-0.3, -0.25) is 0 Å². The first-order valence-electron chi connectivity index (χ1n) is 3.93. The summed E-state index contributed by atoms with van der Waals surface area (Å²) in [6.07, 6.45) is 1.59. The van der Waals surface area contributed by atoms with Crippen LogP contribution in [0.3, 0.4) is 0 Å². The molecule has 1 heterocycles. The summed E-state index contributed by atoms with van der Waals surface area (Å²) in [6.45, 7) is 7.91. The van der Waals surface area contributed by atoms with Crippen LogP contribution in [0.25, 0.3) is 0 Å². The average molecular weight is 186 g/mol. The minimum Gasteiger partial charge on any atom is -0.416 e. The molecule has 1 rings (SSSR count). The van der Waals surface area contributed by atoms with Gasteiger partial charge in [0.25, 0.3) is 0 Å². The predicted octanol–water partition coefficient (Wildman–Crippen LogP) is 0.525. The topological polar surface area (TPSA) is 52.8 Å². The molecule has 0 aliphatic heterocycles. The minimum absolute atomic E-state index is 0.695. The van der Waals surface area contributed by atoms with Crippen LogP contribution in [0, 0.1) is 0 Å². The molecule has 68 valence electrons. The molecule has 0 N–H and O–H groups in total. The van der Waals surface area contributed by atoms with Gasteiger partial charge in [0.15, 0.2) is 8.32 Å². The lowest BCUT2D eigenvalue weighted by Crippen LogP contribution is -2.27. The average Bonchev–Trinajstić information content (AvgIpc) is 2.36. The fourth-order valence-corrected chi connectivity index (χ4v) is 1.43. The van der Waals surface area contributed by atoms with E-state index in [-0.39, 0.29) is 0 Å². The van der Waals surface area contributed by atoms with Crippen molar-refractivity contribution in [1.82, 2.24) is 20.2 Å². The Hall–Kier alpha value is -0.753. The zero-order valence-electron chi connectivity index (χ0n) is 7.69. The Morgan fingerprint density at radius 3 is 2.67 bits per heavy atom. The summed E-state index contributed by atoms with van der Waals surface area (Å²) in [5.41, 5.74) is 0. The molecule has 0 saturated carbocycles. The normalized spacial score (nSPS) is 11.9.